The number of nitrogens with two attached hydrogens (primary N) is 1. The van der Waals surface area contributed by atoms with Gasteiger partial charge in [0.15, 0.2) is 0 Å². The zero-order valence-electron chi connectivity index (χ0n) is 7.38. The van der Waals surface area contributed by atoms with Gasteiger partial charge in [0, 0.05) is 12.4 Å². The van der Waals surface area contributed by atoms with Crippen LogP contribution in [-0.4, -0.2) is 11.5 Å². The molecule has 2 heteroatoms. The minimum atomic E-state index is 0.653. The van der Waals surface area contributed by atoms with Gasteiger partial charge in [0.25, 0.3) is 0 Å². The molecular formula is C10H14N2. The molecule has 0 spiro atoms. The largest absolute Gasteiger partial charge is 0.330 e. The topological polar surface area (TPSA) is 38.9 Å². The second-order valence-corrected chi connectivity index (χ2v) is 2.83. The van der Waals surface area contributed by atoms with Crippen molar-refractivity contribution in [3.63, 3.8) is 0 Å². The van der Waals surface area contributed by atoms with E-state index in [9.17, 15) is 0 Å². The van der Waals surface area contributed by atoms with Crippen LogP contribution in [0.25, 0.3) is 5.57 Å². The smallest absolute Gasteiger partial charge is 0.0303 e. The van der Waals surface area contributed by atoms with E-state index < -0.39 is 0 Å². The quantitative estimate of drug-likeness (QED) is 0.735. The maximum absolute atomic E-state index is 5.44. The molecule has 0 unspecified atom stereocenters. The zero-order valence-corrected chi connectivity index (χ0v) is 7.38. The molecule has 64 valence electrons. The summed E-state index contributed by atoms with van der Waals surface area (Å²) in [7, 11) is 0. The second-order valence-electron chi connectivity index (χ2n) is 2.83. The first-order chi connectivity index (χ1) is 5.75. The molecule has 1 aromatic rings. The highest BCUT2D eigenvalue weighted by Gasteiger charge is 2.00. The molecule has 2 N–H and O–H groups in total. The lowest BCUT2D eigenvalue weighted by Crippen LogP contribution is -2.00. The van der Waals surface area contributed by atoms with Crippen molar-refractivity contribution in [3.8, 4) is 0 Å². The maximum Gasteiger partial charge on any atom is 0.0303 e. The third-order valence-electron chi connectivity index (χ3n) is 1.85. The number of pyridine rings is 1. The van der Waals surface area contributed by atoms with Crippen molar-refractivity contribution < 1.29 is 0 Å². The SMILES string of the molecule is C=C(CCN)c1ccncc1C. The summed E-state index contributed by atoms with van der Waals surface area (Å²) in [5.41, 5.74) is 8.87. The third kappa shape index (κ3) is 1.92. The van der Waals surface area contributed by atoms with Gasteiger partial charge in [0.05, 0.1) is 0 Å². The van der Waals surface area contributed by atoms with Crippen LogP contribution in [-0.2, 0) is 0 Å². The van der Waals surface area contributed by atoms with Crippen LogP contribution < -0.4 is 5.73 Å². The first-order valence-electron chi connectivity index (χ1n) is 4.04. The van der Waals surface area contributed by atoms with E-state index in [0.717, 1.165) is 17.6 Å². The van der Waals surface area contributed by atoms with Gasteiger partial charge in [0.1, 0.15) is 0 Å². The number of rotatable bonds is 3. The number of aryl methyl sites for hydroxylation is 1. The predicted octanol–water partition coefficient (Wildman–Crippen LogP) is 1.75. The van der Waals surface area contributed by atoms with Crippen LogP contribution in [0.4, 0.5) is 0 Å². The molecule has 0 bridgehead atoms. The molecule has 0 atom stereocenters. The maximum atomic E-state index is 5.44. The first-order valence-corrected chi connectivity index (χ1v) is 4.04. The van der Waals surface area contributed by atoms with Crippen LogP contribution in [0.3, 0.4) is 0 Å². The average molecular weight is 162 g/mol. The van der Waals surface area contributed by atoms with Gasteiger partial charge in [-0.3, -0.25) is 4.98 Å². The van der Waals surface area contributed by atoms with Gasteiger partial charge in [-0.1, -0.05) is 6.58 Å². The van der Waals surface area contributed by atoms with Crippen molar-refractivity contribution in [2.75, 3.05) is 6.54 Å². The Morgan fingerprint density at radius 2 is 2.42 bits per heavy atom. The van der Waals surface area contributed by atoms with Crippen LogP contribution in [0.5, 0.6) is 0 Å². The fraction of sp³-hybridized carbons (Fsp3) is 0.300. The summed E-state index contributed by atoms with van der Waals surface area (Å²) < 4.78 is 0. The molecule has 1 aromatic heterocycles. The van der Waals surface area contributed by atoms with Crippen molar-refractivity contribution in [1.29, 1.82) is 0 Å². The minimum Gasteiger partial charge on any atom is -0.330 e. The van der Waals surface area contributed by atoms with E-state index in [4.69, 9.17) is 5.73 Å². The van der Waals surface area contributed by atoms with E-state index in [1.54, 1.807) is 6.20 Å². The standard InChI is InChI=1S/C10H14N2/c1-8(3-5-11)10-4-6-12-7-9(10)2/h4,6-7H,1,3,5,11H2,2H3. The Bertz CT molecular complexity index is 279. The van der Waals surface area contributed by atoms with E-state index >= 15 is 0 Å². The fourth-order valence-corrected chi connectivity index (χ4v) is 1.18. The summed E-state index contributed by atoms with van der Waals surface area (Å²) in [5.74, 6) is 0. The molecule has 2 nitrogen and oxygen atoms in total. The van der Waals surface area contributed by atoms with Crippen LogP contribution in [0.1, 0.15) is 17.5 Å². The van der Waals surface area contributed by atoms with Crippen LogP contribution in [0, 0.1) is 6.92 Å². The van der Waals surface area contributed by atoms with Gasteiger partial charge in [0.2, 0.25) is 0 Å². The number of hydrogen-bond donors (Lipinski definition) is 1. The lowest BCUT2D eigenvalue weighted by atomic mass is 10.0. The molecule has 12 heavy (non-hydrogen) atoms. The predicted molar refractivity (Wildman–Crippen MR) is 51.7 cm³/mol. The van der Waals surface area contributed by atoms with E-state index in [-0.39, 0.29) is 0 Å². The van der Waals surface area contributed by atoms with Crippen LogP contribution in [0.2, 0.25) is 0 Å². The van der Waals surface area contributed by atoms with Crippen molar-refractivity contribution in [2.45, 2.75) is 13.3 Å². The van der Waals surface area contributed by atoms with E-state index in [2.05, 4.69) is 11.6 Å². The molecule has 0 aromatic carbocycles. The van der Waals surface area contributed by atoms with Gasteiger partial charge in [-0.25, -0.2) is 0 Å². The van der Waals surface area contributed by atoms with Gasteiger partial charge < -0.3 is 5.73 Å². The van der Waals surface area contributed by atoms with Crippen molar-refractivity contribution >= 4 is 5.57 Å². The van der Waals surface area contributed by atoms with E-state index in [1.165, 1.54) is 5.56 Å². The molecule has 1 heterocycles. The minimum absolute atomic E-state index is 0.653. The molecule has 0 saturated carbocycles. The summed E-state index contributed by atoms with van der Waals surface area (Å²) in [6, 6.07) is 1.98. The molecule has 0 aliphatic rings. The van der Waals surface area contributed by atoms with Gasteiger partial charge in [-0.15, -0.1) is 0 Å². The Labute approximate surface area is 73.1 Å². The molecule has 1 rings (SSSR count). The van der Waals surface area contributed by atoms with Gasteiger partial charge in [-0.05, 0) is 42.7 Å². The van der Waals surface area contributed by atoms with Crippen molar-refractivity contribution in [1.82, 2.24) is 4.98 Å². The summed E-state index contributed by atoms with van der Waals surface area (Å²) in [6.07, 6.45) is 4.48. The Balaban J connectivity index is 2.87. The fourth-order valence-electron chi connectivity index (χ4n) is 1.18. The first kappa shape index (κ1) is 8.94. The van der Waals surface area contributed by atoms with Crippen molar-refractivity contribution in [2.24, 2.45) is 5.73 Å². The third-order valence-corrected chi connectivity index (χ3v) is 1.85. The number of hydrogen-bond acceptors (Lipinski definition) is 2. The molecule has 0 aliphatic heterocycles. The highest BCUT2D eigenvalue weighted by Crippen LogP contribution is 2.17. The molecule has 0 radical (unpaired) electrons. The molecule has 0 amide bonds. The number of aromatic nitrogens is 1. The van der Waals surface area contributed by atoms with Gasteiger partial charge in [-0.2, -0.15) is 0 Å². The van der Waals surface area contributed by atoms with E-state index in [1.807, 2.05) is 19.2 Å². The van der Waals surface area contributed by atoms with Gasteiger partial charge >= 0.3 is 0 Å². The lowest BCUT2D eigenvalue weighted by Gasteiger charge is -2.06. The normalized spacial score (nSPS) is 9.83. The highest BCUT2D eigenvalue weighted by molar-refractivity contribution is 5.65. The zero-order chi connectivity index (χ0) is 8.97. The Morgan fingerprint density at radius 1 is 1.67 bits per heavy atom. The van der Waals surface area contributed by atoms with Crippen LogP contribution in [0.15, 0.2) is 25.0 Å². The summed E-state index contributed by atoms with van der Waals surface area (Å²) in [5, 5.41) is 0. The van der Waals surface area contributed by atoms with Crippen molar-refractivity contribution in [3.05, 3.63) is 36.2 Å². The highest BCUT2D eigenvalue weighted by atomic mass is 14.6. The summed E-state index contributed by atoms with van der Waals surface area (Å²) >= 11 is 0. The molecular weight excluding hydrogens is 148 g/mol. The molecule has 0 saturated heterocycles. The summed E-state index contributed by atoms with van der Waals surface area (Å²) in [6.45, 7) is 6.65. The Hall–Kier alpha value is -1.15. The molecule has 0 fully saturated rings. The second kappa shape index (κ2) is 4.02. The molecule has 0 aliphatic carbocycles. The number of nitrogens with zero attached hydrogens (tertiary/aromatic N) is 1. The Morgan fingerprint density at radius 3 is 3.00 bits per heavy atom. The Kier molecular flexibility index (Phi) is 3.00. The van der Waals surface area contributed by atoms with Crippen LogP contribution >= 0.6 is 0 Å². The summed E-state index contributed by atoms with van der Waals surface area (Å²) in [4.78, 5) is 4.02. The lowest BCUT2D eigenvalue weighted by molar-refractivity contribution is 1.02. The van der Waals surface area contributed by atoms with E-state index in [0.29, 0.717) is 6.54 Å². The monoisotopic (exact) mass is 162 g/mol. The average Bonchev–Trinajstić information content (AvgIpc) is 2.05.